The molecule has 0 atom stereocenters. The number of aromatic amines is 2. The van der Waals surface area contributed by atoms with E-state index in [2.05, 4.69) is 19.9 Å². The molecule has 0 aliphatic carbocycles. The van der Waals surface area contributed by atoms with E-state index in [-0.39, 0.29) is 0 Å². The minimum atomic E-state index is 0.314. The third kappa shape index (κ3) is 1.82. The van der Waals surface area contributed by atoms with Crippen LogP contribution >= 0.6 is 0 Å². The number of benzene rings is 1. The van der Waals surface area contributed by atoms with Gasteiger partial charge in [-0.15, -0.1) is 0 Å². The first-order valence-corrected chi connectivity index (χ1v) is 5.81. The quantitative estimate of drug-likeness (QED) is 0.736. The van der Waals surface area contributed by atoms with Gasteiger partial charge in [0.1, 0.15) is 23.8 Å². The SMILES string of the molecule is N#Cc1cc(-c2ncc[nH]2)c(-c2ncc[nH]2)cc1C#N. The molecule has 3 aromatic rings. The number of nitriles is 2. The summed E-state index contributed by atoms with van der Waals surface area (Å²) >= 11 is 0. The van der Waals surface area contributed by atoms with E-state index in [1.54, 1.807) is 36.9 Å². The summed E-state index contributed by atoms with van der Waals surface area (Å²) in [7, 11) is 0. The van der Waals surface area contributed by atoms with E-state index >= 15 is 0 Å². The highest BCUT2D eigenvalue weighted by Gasteiger charge is 2.15. The summed E-state index contributed by atoms with van der Waals surface area (Å²) in [4.78, 5) is 14.4. The summed E-state index contributed by atoms with van der Waals surface area (Å²) in [5, 5.41) is 18.3. The van der Waals surface area contributed by atoms with Crippen molar-refractivity contribution < 1.29 is 0 Å². The number of imidazole rings is 2. The topological polar surface area (TPSA) is 105 Å². The Morgan fingerprint density at radius 1 is 0.800 bits per heavy atom. The molecule has 0 spiro atoms. The van der Waals surface area contributed by atoms with Crippen LogP contribution in [0, 0.1) is 22.7 Å². The van der Waals surface area contributed by atoms with Crippen molar-refractivity contribution >= 4 is 0 Å². The summed E-state index contributed by atoms with van der Waals surface area (Å²) in [5.74, 6) is 1.25. The van der Waals surface area contributed by atoms with Gasteiger partial charge in [-0.1, -0.05) is 0 Å². The zero-order valence-corrected chi connectivity index (χ0v) is 10.3. The van der Waals surface area contributed by atoms with E-state index in [0.717, 1.165) is 11.1 Å². The van der Waals surface area contributed by atoms with Gasteiger partial charge in [-0.25, -0.2) is 9.97 Å². The van der Waals surface area contributed by atoms with Gasteiger partial charge < -0.3 is 9.97 Å². The molecule has 0 unspecified atom stereocenters. The second-order valence-corrected chi connectivity index (χ2v) is 4.04. The van der Waals surface area contributed by atoms with Gasteiger partial charge >= 0.3 is 0 Å². The maximum atomic E-state index is 9.14. The molecule has 0 saturated heterocycles. The van der Waals surface area contributed by atoms with E-state index in [1.807, 2.05) is 12.1 Å². The average Bonchev–Trinajstić information content (AvgIpc) is 3.18. The first-order chi connectivity index (χ1) is 9.83. The summed E-state index contributed by atoms with van der Waals surface area (Å²) in [6.07, 6.45) is 6.66. The molecule has 0 amide bonds. The molecule has 0 radical (unpaired) electrons. The Hall–Kier alpha value is -3.38. The second kappa shape index (κ2) is 4.71. The van der Waals surface area contributed by atoms with Crippen molar-refractivity contribution in [1.82, 2.24) is 19.9 Å². The number of nitrogens with one attached hydrogen (secondary N) is 2. The highest BCUT2D eigenvalue weighted by atomic mass is 14.9. The highest BCUT2D eigenvalue weighted by Crippen LogP contribution is 2.30. The number of nitrogens with zero attached hydrogens (tertiary/aromatic N) is 4. The number of aromatic nitrogens is 4. The van der Waals surface area contributed by atoms with E-state index in [4.69, 9.17) is 10.5 Å². The maximum absolute atomic E-state index is 9.14. The maximum Gasteiger partial charge on any atom is 0.138 e. The molecule has 0 saturated carbocycles. The van der Waals surface area contributed by atoms with Crippen LogP contribution in [0.4, 0.5) is 0 Å². The molecule has 20 heavy (non-hydrogen) atoms. The molecule has 2 N–H and O–H groups in total. The molecule has 0 bridgehead atoms. The van der Waals surface area contributed by atoms with Crippen molar-refractivity contribution in [3.05, 3.63) is 48.0 Å². The zero-order chi connectivity index (χ0) is 13.9. The minimum Gasteiger partial charge on any atom is -0.345 e. The lowest BCUT2D eigenvalue weighted by Gasteiger charge is -2.07. The molecule has 0 fully saturated rings. The number of hydrogen-bond donors (Lipinski definition) is 2. The van der Waals surface area contributed by atoms with Crippen molar-refractivity contribution in [3.63, 3.8) is 0 Å². The normalized spacial score (nSPS) is 9.90. The van der Waals surface area contributed by atoms with Gasteiger partial charge in [0.25, 0.3) is 0 Å². The van der Waals surface area contributed by atoms with Crippen molar-refractivity contribution in [1.29, 1.82) is 10.5 Å². The standard InChI is InChI=1S/C14H8N6/c15-7-9-5-11(13-17-1-2-18-13)12(6-10(9)8-16)14-19-3-4-20-14/h1-6H,(H,17,18)(H,19,20). The Balaban J connectivity index is 2.32. The largest absolute Gasteiger partial charge is 0.345 e. The van der Waals surface area contributed by atoms with Gasteiger partial charge in [0, 0.05) is 35.9 Å². The predicted octanol–water partition coefficient (Wildman–Crippen LogP) is 2.21. The minimum absolute atomic E-state index is 0.314. The Labute approximate surface area is 114 Å². The van der Waals surface area contributed by atoms with E-state index in [1.165, 1.54) is 0 Å². The van der Waals surface area contributed by atoms with E-state index in [9.17, 15) is 0 Å². The third-order valence-corrected chi connectivity index (χ3v) is 2.91. The lowest BCUT2D eigenvalue weighted by molar-refractivity contribution is 1.27. The summed E-state index contributed by atoms with van der Waals surface area (Å²) < 4.78 is 0. The molecule has 0 aliphatic heterocycles. The van der Waals surface area contributed by atoms with Crippen LogP contribution in [0.1, 0.15) is 11.1 Å². The molecule has 6 heteroatoms. The predicted molar refractivity (Wildman–Crippen MR) is 71.0 cm³/mol. The Morgan fingerprint density at radius 2 is 1.25 bits per heavy atom. The lowest BCUT2D eigenvalue weighted by Crippen LogP contribution is -1.94. The first-order valence-electron chi connectivity index (χ1n) is 5.81. The van der Waals surface area contributed by atoms with Crippen LogP contribution in [0.3, 0.4) is 0 Å². The summed E-state index contributed by atoms with van der Waals surface area (Å²) in [5.41, 5.74) is 2.07. The summed E-state index contributed by atoms with van der Waals surface area (Å²) in [6, 6.07) is 7.35. The molecule has 2 heterocycles. The van der Waals surface area contributed by atoms with Crippen molar-refractivity contribution in [2.75, 3.05) is 0 Å². The Morgan fingerprint density at radius 3 is 1.55 bits per heavy atom. The number of hydrogen-bond acceptors (Lipinski definition) is 4. The van der Waals surface area contributed by atoms with Gasteiger partial charge in [-0.05, 0) is 12.1 Å². The van der Waals surface area contributed by atoms with Crippen LogP contribution in [-0.4, -0.2) is 19.9 Å². The fourth-order valence-electron chi connectivity index (χ4n) is 2.00. The highest BCUT2D eigenvalue weighted by molar-refractivity contribution is 5.80. The van der Waals surface area contributed by atoms with Gasteiger partial charge in [0.05, 0.1) is 11.1 Å². The van der Waals surface area contributed by atoms with E-state index in [0.29, 0.717) is 22.8 Å². The van der Waals surface area contributed by atoms with Gasteiger partial charge in [-0.3, -0.25) is 0 Å². The van der Waals surface area contributed by atoms with Crippen molar-refractivity contribution in [2.24, 2.45) is 0 Å². The van der Waals surface area contributed by atoms with E-state index < -0.39 is 0 Å². The molecule has 1 aromatic carbocycles. The molecule has 3 rings (SSSR count). The number of H-pyrrole nitrogens is 2. The molecular formula is C14H8N6. The Kier molecular flexibility index (Phi) is 2.76. The van der Waals surface area contributed by atoms with Crippen LogP contribution < -0.4 is 0 Å². The summed E-state index contributed by atoms with van der Waals surface area (Å²) in [6.45, 7) is 0. The molecule has 2 aromatic heterocycles. The Bertz CT molecular complexity index is 745. The van der Waals surface area contributed by atoms with Crippen LogP contribution in [0.25, 0.3) is 22.8 Å². The molecule has 0 aliphatic rings. The average molecular weight is 260 g/mol. The third-order valence-electron chi connectivity index (χ3n) is 2.91. The van der Waals surface area contributed by atoms with Gasteiger partial charge in [-0.2, -0.15) is 10.5 Å². The van der Waals surface area contributed by atoms with Crippen LogP contribution in [0.2, 0.25) is 0 Å². The molecule has 6 nitrogen and oxygen atoms in total. The first kappa shape index (κ1) is 11.7. The monoisotopic (exact) mass is 260 g/mol. The van der Waals surface area contributed by atoms with Crippen molar-refractivity contribution in [3.8, 4) is 34.9 Å². The molecule has 94 valence electrons. The lowest BCUT2D eigenvalue weighted by atomic mass is 9.98. The van der Waals surface area contributed by atoms with Gasteiger partial charge in [0.15, 0.2) is 0 Å². The van der Waals surface area contributed by atoms with Crippen LogP contribution in [0.5, 0.6) is 0 Å². The van der Waals surface area contributed by atoms with Crippen LogP contribution in [0.15, 0.2) is 36.9 Å². The van der Waals surface area contributed by atoms with Crippen molar-refractivity contribution in [2.45, 2.75) is 0 Å². The van der Waals surface area contributed by atoms with Gasteiger partial charge in [0.2, 0.25) is 0 Å². The smallest absolute Gasteiger partial charge is 0.138 e. The molecular weight excluding hydrogens is 252 g/mol. The number of rotatable bonds is 2. The fourth-order valence-corrected chi connectivity index (χ4v) is 2.00. The zero-order valence-electron chi connectivity index (χ0n) is 10.3. The second-order valence-electron chi connectivity index (χ2n) is 4.04. The fraction of sp³-hybridized carbons (Fsp3) is 0. The van der Waals surface area contributed by atoms with Crippen LogP contribution in [-0.2, 0) is 0 Å².